The van der Waals surface area contributed by atoms with Crippen LogP contribution < -0.4 is 5.32 Å². The Morgan fingerprint density at radius 3 is 2.70 bits per heavy atom. The van der Waals surface area contributed by atoms with Gasteiger partial charge < -0.3 is 9.84 Å². The van der Waals surface area contributed by atoms with Crippen LogP contribution in [0.5, 0.6) is 0 Å². The van der Waals surface area contributed by atoms with Crippen LogP contribution in [0.1, 0.15) is 24.2 Å². The van der Waals surface area contributed by atoms with Crippen LogP contribution in [0.3, 0.4) is 0 Å². The van der Waals surface area contributed by atoms with Gasteiger partial charge in [-0.2, -0.15) is 18.3 Å². The summed E-state index contributed by atoms with van der Waals surface area (Å²) in [4.78, 5) is 11.8. The molecule has 12 heteroatoms. The number of hydrogen-bond donors (Lipinski definition) is 1. The number of halogens is 6. The molecule has 1 aliphatic carbocycles. The molecule has 1 N–H and O–H groups in total. The minimum atomic E-state index is -4.97. The maximum Gasteiger partial charge on any atom is 0.434 e. The number of amides is 1. The van der Waals surface area contributed by atoms with Crippen molar-refractivity contribution in [1.29, 1.82) is 0 Å². The van der Waals surface area contributed by atoms with Crippen LogP contribution in [0.4, 0.5) is 27.6 Å². The Balaban J connectivity index is 1.93. The van der Waals surface area contributed by atoms with E-state index in [4.69, 9.17) is 16.1 Å². The fourth-order valence-electron chi connectivity index (χ4n) is 3.49. The van der Waals surface area contributed by atoms with Gasteiger partial charge in [0.15, 0.2) is 11.5 Å². The number of alkyl halides is 4. The molecule has 172 valence electrons. The van der Waals surface area contributed by atoms with Crippen molar-refractivity contribution < 1.29 is 31.3 Å². The topological polar surface area (TPSA) is 73.0 Å². The number of benzene rings is 1. The monoisotopic (exact) mass is 484 g/mol. The normalized spacial score (nSPS) is 18.3. The highest BCUT2D eigenvalue weighted by molar-refractivity contribution is 6.30. The first kappa shape index (κ1) is 22.7. The lowest BCUT2D eigenvalue weighted by molar-refractivity contribution is -0.142. The second-order valence-corrected chi connectivity index (χ2v) is 7.54. The number of nitrogens with zero attached hydrogens (tertiary/aromatic N) is 3. The number of aromatic nitrogens is 3. The standard InChI is InChI=1S/C21H14ClF5N4O2/c1-10(32)29-18-17(16-14(22)6-3-7-15(16)24)30-33-19(18)13-9-28-31(20(13)21(25,26)27)12-5-2-4-11(23)8-12/h2-9,15-16H,1H3,(H,29,32). The Hall–Kier alpha value is -3.47. The zero-order valence-electron chi connectivity index (χ0n) is 16.7. The first-order valence-corrected chi connectivity index (χ1v) is 9.82. The number of carbonyl (C=O) groups excluding carboxylic acids is 1. The molecule has 0 bridgehead atoms. The highest BCUT2D eigenvalue weighted by atomic mass is 35.5. The van der Waals surface area contributed by atoms with Crippen LogP contribution in [0.2, 0.25) is 0 Å². The molecule has 1 aliphatic rings. The largest absolute Gasteiger partial charge is 0.434 e. The first-order chi connectivity index (χ1) is 15.6. The van der Waals surface area contributed by atoms with E-state index in [2.05, 4.69) is 15.6 Å². The van der Waals surface area contributed by atoms with Crippen LogP contribution in [0, 0.1) is 5.82 Å². The molecule has 1 aromatic carbocycles. The molecule has 0 spiro atoms. The molecule has 2 heterocycles. The lowest BCUT2D eigenvalue weighted by Crippen LogP contribution is -2.18. The maximum atomic E-state index is 14.6. The Bertz CT molecular complexity index is 1280. The van der Waals surface area contributed by atoms with E-state index in [1.165, 1.54) is 30.4 Å². The highest BCUT2D eigenvalue weighted by Crippen LogP contribution is 2.46. The van der Waals surface area contributed by atoms with Crippen LogP contribution >= 0.6 is 11.6 Å². The van der Waals surface area contributed by atoms with Gasteiger partial charge >= 0.3 is 6.18 Å². The lowest BCUT2D eigenvalue weighted by Gasteiger charge is -2.20. The van der Waals surface area contributed by atoms with Crippen LogP contribution in [0.25, 0.3) is 17.0 Å². The minimum Gasteiger partial charge on any atom is -0.354 e. The van der Waals surface area contributed by atoms with Crippen LogP contribution in [0.15, 0.2) is 58.2 Å². The summed E-state index contributed by atoms with van der Waals surface area (Å²) in [5.74, 6) is -3.13. The fraction of sp³-hybridized carbons (Fsp3) is 0.190. The van der Waals surface area contributed by atoms with Crippen LogP contribution in [-0.4, -0.2) is 27.0 Å². The quantitative estimate of drug-likeness (QED) is 0.478. The summed E-state index contributed by atoms with van der Waals surface area (Å²) < 4.78 is 76.2. The number of allylic oxidation sites excluding steroid dienone is 4. The van der Waals surface area contributed by atoms with E-state index in [1.54, 1.807) is 0 Å². The van der Waals surface area contributed by atoms with Crippen LogP contribution in [-0.2, 0) is 11.0 Å². The van der Waals surface area contributed by atoms with Crippen molar-refractivity contribution in [2.75, 3.05) is 5.32 Å². The van der Waals surface area contributed by atoms with Gasteiger partial charge in [-0.1, -0.05) is 28.9 Å². The molecule has 0 radical (unpaired) electrons. The van der Waals surface area contributed by atoms with Crippen molar-refractivity contribution in [2.45, 2.75) is 25.2 Å². The fourth-order valence-corrected chi connectivity index (χ4v) is 3.78. The number of carbonyl (C=O) groups is 1. The molecule has 2 unspecified atom stereocenters. The Morgan fingerprint density at radius 1 is 1.30 bits per heavy atom. The van der Waals surface area contributed by atoms with Crippen molar-refractivity contribution in [3.05, 3.63) is 70.9 Å². The third kappa shape index (κ3) is 4.28. The SMILES string of the molecule is CC(=O)Nc1c(C2C(Cl)=CC=CC2F)noc1-c1cnn(-c2cccc(F)c2)c1C(F)(F)F. The summed E-state index contributed by atoms with van der Waals surface area (Å²) in [7, 11) is 0. The molecule has 1 amide bonds. The number of rotatable bonds is 4. The summed E-state index contributed by atoms with van der Waals surface area (Å²) in [5.41, 5.74) is -2.55. The van der Waals surface area contributed by atoms with Gasteiger partial charge in [0.05, 0.1) is 23.4 Å². The Kier molecular flexibility index (Phi) is 5.83. The molecule has 2 aromatic heterocycles. The van der Waals surface area contributed by atoms with Gasteiger partial charge in [-0.15, -0.1) is 0 Å². The molecule has 3 aromatic rings. The molecular formula is C21H14ClF5N4O2. The van der Waals surface area contributed by atoms with Crippen molar-refractivity contribution in [2.24, 2.45) is 0 Å². The molecule has 0 aliphatic heterocycles. The molecule has 0 saturated heterocycles. The van der Waals surface area contributed by atoms with Crippen molar-refractivity contribution in [3.8, 4) is 17.0 Å². The molecule has 33 heavy (non-hydrogen) atoms. The van der Waals surface area contributed by atoms with Gasteiger partial charge in [0.2, 0.25) is 5.91 Å². The summed E-state index contributed by atoms with van der Waals surface area (Å²) in [6.07, 6.45) is -1.82. The van der Waals surface area contributed by atoms with E-state index in [0.717, 1.165) is 25.3 Å². The van der Waals surface area contributed by atoms with E-state index in [-0.39, 0.29) is 22.1 Å². The van der Waals surface area contributed by atoms with E-state index in [1.807, 2.05) is 0 Å². The van der Waals surface area contributed by atoms with E-state index >= 15 is 0 Å². The number of nitrogens with one attached hydrogen (secondary N) is 1. The van der Waals surface area contributed by atoms with E-state index < -0.39 is 47.0 Å². The van der Waals surface area contributed by atoms with Gasteiger partial charge in [0.1, 0.15) is 23.4 Å². The maximum absolute atomic E-state index is 14.6. The molecule has 6 nitrogen and oxygen atoms in total. The molecule has 4 rings (SSSR count). The second kappa shape index (κ2) is 8.47. The average molecular weight is 485 g/mol. The van der Waals surface area contributed by atoms with Gasteiger partial charge in [-0.05, 0) is 30.4 Å². The van der Waals surface area contributed by atoms with Gasteiger partial charge in [0.25, 0.3) is 0 Å². The third-order valence-electron chi connectivity index (χ3n) is 4.82. The molecular weight excluding hydrogens is 471 g/mol. The third-order valence-corrected chi connectivity index (χ3v) is 5.18. The highest BCUT2D eigenvalue weighted by Gasteiger charge is 2.42. The van der Waals surface area contributed by atoms with E-state index in [9.17, 15) is 26.7 Å². The van der Waals surface area contributed by atoms with Crippen molar-refractivity contribution in [1.82, 2.24) is 14.9 Å². The van der Waals surface area contributed by atoms with Gasteiger partial charge in [0, 0.05) is 12.0 Å². The molecule has 0 fully saturated rings. The Labute approximate surface area is 188 Å². The van der Waals surface area contributed by atoms with Crippen molar-refractivity contribution >= 4 is 23.2 Å². The lowest BCUT2D eigenvalue weighted by atomic mass is 9.93. The smallest absolute Gasteiger partial charge is 0.354 e. The van der Waals surface area contributed by atoms with Gasteiger partial charge in [-0.25, -0.2) is 13.5 Å². The minimum absolute atomic E-state index is 0.0166. The zero-order chi connectivity index (χ0) is 23.9. The molecule has 2 atom stereocenters. The van der Waals surface area contributed by atoms with Crippen molar-refractivity contribution in [3.63, 3.8) is 0 Å². The van der Waals surface area contributed by atoms with E-state index in [0.29, 0.717) is 4.68 Å². The zero-order valence-corrected chi connectivity index (χ0v) is 17.5. The van der Waals surface area contributed by atoms with Gasteiger partial charge in [-0.3, -0.25) is 4.79 Å². The average Bonchev–Trinajstić information content (AvgIpc) is 3.32. The predicted molar refractivity (Wildman–Crippen MR) is 109 cm³/mol. The molecule has 0 saturated carbocycles. The second-order valence-electron chi connectivity index (χ2n) is 7.11. The number of hydrogen-bond acceptors (Lipinski definition) is 4. The predicted octanol–water partition coefficient (Wildman–Crippen LogP) is 5.76. The summed E-state index contributed by atoms with van der Waals surface area (Å²) >= 11 is 6.12. The summed E-state index contributed by atoms with van der Waals surface area (Å²) in [6.45, 7) is 1.12. The number of anilines is 1. The summed E-state index contributed by atoms with van der Waals surface area (Å²) in [6, 6.07) is 4.41. The Morgan fingerprint density at radius 2 is 2.06 bits per heavy atom. The first-order valence-electron chi connectivity index (χ1n) is 9.44. The summed E-state index contributed by atoms with van der Waals surface area (Å²) in [5, 5.41) is 9.86.